The summed E-state index contributed by atoms with van der Waals surface area (Å²) in [6, 6.07) is 17.5. The molecule has 0 aliphatic rings. The molecule has 31 heavy (non-hydrogen) atoms. The first-order chi connectivity index (χ1) is 15.2. The zero-order valence-corrected chi connectivity index (χ0v) is 16.4. The van der Waals surface area contributed by atoms with E-state index in [0.717, 1.165) is 5.56 Å². The highest BCUT2D eigenvalue weighted by molar-refractivity contribution is 6.05. The van der Waals surface area contributed by atoms with E-state index in [2.05, 4.69) is 20.7 Å². The third-order valence-electron chi connectivity index (χ3n) is 4.36. The van der Waals surface area contributed by atoms with E-state index in [1.165, 1.54) is 12.3 Å². The van der Waals surface area contributed by atoms with Gasteiger partial charge in [-0.3, -0.25) is 9.59 Å². The van der Waals surface area contributed by atoms with Gasteiger partial charge in [0.25, 0.3) is 11.8 Å². The molecule has 8 nitrogen and oxygen atoms in total. The van der Waals surface area contributed by atoms with Crippen molar-refractivity contribution in [3.05, 3.63) is 108 Å². The molecule has 0 aliphatic carbocycles. The van der Waals surface area contributed by atoms with Crippen LogP contribution in [-0.4, -0.2) is 26.6 Å². The van der Waals surface area contributed by atoms with E-state index in [9.17, 15) is 9.59 Å². The fourth-order valence-electron chi connectivity index (χ4n) is 2.84. The summed E-state index contributed by atoms with van der Waals surface area (Å²) in [6.07, 6.45) is 8.08. The number of carbonyl (C=O) groups is 2. The van der Waals surface area contributed by atoms with Crippen molar-refractivity contribution in [2.24, 2.45) is 0 Å². The van der Waals surface area contributed by atoms with Crippen LogP contribution in [0.5, 0.6) is 0 Å². The lowest BCUT2D eigenvalue weighted by molar-refractivity contribution is -0.117. The molecule has 154 valence electrons. The van der Waals surface area contributed by atoms with E-state index >= 15 is 0 Å². The number of pyridine rings is 1. The smallest absolute Gasteiger partial charge is 0.268 e. The van der Waals surface area contributed by atoms with Crippen molar-refractivity contribution in [2.45, 2.75) is 6.54 Å². The van der Waals surface area contributed by atoms with Gasteiger partial charge in [-0.25, -0.2) is 9.67 Å². The van der Waals surface area contributed by atoms with E-state index in [-0.39, 0.29) is 12.2 Å². The van der Waals surface area contributed by atoms with Gasteiger partial charge >= 0.3 is 0 Å². The maximum Gasteiger partial charge on any atom is 0.268 e. The van der Waals surface area contributed by atoms with Crippen molar-refractivity contribution >= 4 is 17.9 Å². The number of benzene rings is 1. The van der Waals surface area contributed by atoms with Gasteiger partial charge in [0.05, 0.1) is 6.26 Å². The zero-order valence-electron chi connectivity index (χ0n) is 16.4. The molecule has 0 fully saturated rings. The van der Waals surface area contributed by atoms with Gasteiger partial charge in [-0.2, -0.15) is 5.10 Å². The lowest BCUT2D eigenvalue weighted by Crippen LogP contribution is -2.34. The van der Waals surface area contributed by atoms with Crippen LogP contribution < -0.4 is 10.6 Å². The quantitative estimate of drug-likeness (QED) is 0.454. The van der Waals surface area contributed by atoms with Crippen molar-refractivity contribution < 1.29 is 14.0 Å². The highest BCUT2D eigenvalue weighted by Gasteiger charge is 2.15. The molecule has 0 bridgehead atoms. The third kappa shape index (κ3) is 5.13. The number of carbonyl (C=O) groups excluding carboxylic acids is 2. The Morgan fingerprint density at radius 1 is 1.03 bits per heavy atom. The summed E-state index contributed by atoms with van der Waals surface area (Å²) >= 11 is 0. The Morgan fingerprint density at radius 3 is 2.65 bits per heavy atom. The predicted octanol–water partition coefficient (Wildman–Crippen LogP) is 2.95. The SMILES string of the molecule is O=C(NCc1ccnc(-n2cccn2)c1)C(=Cc1ccco1)NC(=O)c1ccccc1. The Hall–Kier alpha value is -4.46. The molecule has 0 atom stereocenters. The second kappa shape index (κ2) is 9.36. The number of amides is 2. The van der Waals surface area contributed by atoms with E-state index in [4.69, 9.17) is 4.42 Å². The fourth-order valence-corrected chi connectivity index (χ4v) is 2.84. The summed E-state index contributed by atoms with van der Waals surface area (Å²) in [6.45, 7) is 0.242. The average molecular weight is 413 g/mol. The lowest BCUT2D eigenvalue weighted by atomic mass is 10.2. The lowest BCUT2D eigenvalue weighted by Gasteiger charge is -2.11. The van der Waals surface area contributed by atoms with Gasteiger partial charge < -0.3 is 15.1 Å². The average Bonchev–Trinajstić information content (AvgIpc) is 3.52. The van der Waals surface area contributed by atoms with E-state index in [1.54, 1.807) is 71.8 Å². The highest BCUT2D eigenvalue weighted by Crippen LogP contribution is 2.09. The van der Waals surface area contributed by atoms with Gasteiger partial charge in [-0.1, -0.05) is 18.2 Å². The second-order valence-electron chi connectivity index (χ2n) is 6.55. The summed E-state index contributed by atoms with van der Waals surface area (Å²) in [4.78, 5) is 29.7. The minimum absolute atomic E-state index is 0.0742. The van der Waals surface area contributed by atoms with Crippen LogP contribution in [-0.2, 0) is 11.3 Å². The van der Waals surface area contributed by atoms with Crippen LogP contribution in [0.2, 0.25) is 0 Å². The zero-order chi connectivity index (χ0) is 21.5. The van der Waals surface area contributed by atoms with Gasteiger partial charge in [-0.15, -0.1) is 0 Å². The topological polar surface area (TPSA) is 102 Å². The standard InChI is InChI=1S/C23H19N5O3/c29-22(18-6-2-1-3-7-18)27-20(15-19-8-4-13-31-19)23(30)25-16-17-9-11-24-21(14-17)28-12-5-10-26-28/h1-15H,16H2,(H,25,30)(H,27,29). The Balaban J connectivity index is 1.49. The first-order valence-electron chi connectivity index (χ1n) is 9.54. The summed E-state index contributed by atoms with van der Waals surface area (Å²) < 4.78 is 6.93. The molecule has 8 heteroatoms. The van der Waals surface area contributed by atoms with Crippen molar-refractivity contribution in [2.75, 3.05) is 0 Å². The maximum absolute atomic E-state index is 12.9. The Labute approximate surface area is 178 Å². The van der Waals surface area contributed by atoms with Crippen molar-refractivity contribution in [1.82, 2.24) is 25.4 Å². The Morgan fingerprint density at radius 2 is 1.90 bits per heavy atom. The normalized spacial score (nSPS) is 11.2. The molecule has 4 aromatic rings. The van der Waals surface area contributed by atoms with Crippen LogP contribution in [0.3, 0.4) is 0 Å². The second-order valence-corrected chi connectivity index (χ2v) is 6.55. The van der Waals surface area contributed by atoms with Crippen molar-refractivity contribution in [3.63, 3.8) is 0 Å². The molecular formula is C23H19N5O3. The number of rotatable bonds is 7. The molecule has 4 rings (SSSR count). The molecule has 2 amide bonds. The summed E-state index contributed by atoms with van der Waals surface area (Å²) in [7, 11) is 0. The van der Waals surface area contributed by atoms with Gasteiger partial charge in [0.2, 0.25) is 0 Å². The van der Waals surface area contributed by atoms with E-state index in [0.29, 0.717) is 17.1 Å². The largest absolute Gasteiger partial charge is 0.465 e. The third-order valence-corrected chi connectivity index (χ3v) is 4.36. The maximum atomic E-state index is 12.9. The molecule has 0 radical (unpaired) electrons. The van der Waals surface area contributed by atoms with Crippen LogP contribution in [0.1, 0.15) is 21.7 Å². The van der Waals surface area contributed by atoms with Crippen LogP contribution in [0.25, 0.3) is 11.9 Å². The minimum Gasteiger partial charge on any atom is -0.465 e. The van der Waals surface area contributed by atoms with E-state index in [1.807, 2.05) is 12.1 Å². The van der Waals surface area contributed by atoms with Crippen LogP contribution in [0, 0.1) is 0 Å². The number of furan rings is 1. The predicted molar refractivity (Wildman–Crippen MR) is 114 cm³/mol. The number of nitrogens with zero attached hydrogens (tertiary/aromatic N) is 3. The van der Waals surface area contributed by atoms with Gasteiger partial charge in [0.1, 0.15) is 11.5 Å². The number of hydrogen-bond acceptors (Lipinski definition) is 5. The Bertz CT molecular complexity index is 1180. The Kier molecular flexibility index (Phi) is 5.99. The first kappa shape index (κ1) is 19.8. The highest BCUT2D eigenvalue weighted by atomic mass is 16.3. The summed E-state index contributed by atoms with van der Waals surface area (Å²) in [5.74, 6) is 0.250. The first-order valence-corrected chi connectivity index (χ1v) is 9.54. The van der Waals surface area contributed by atoms with Gasteiger partial charge in [-0.05, 0) is 48.0 Å². The molecular weight excluding hydrogens is 394 g/mol. The van der Waals surface area contributed by atoms with E-state index < -0.39 is 11.8 Å². The molecule has 0 unspecified atom stereocenters. The molecule has 0 saturated heterocycles. The summed E-state index contributed by atoms with van der Waals surface area (Å²) in [5.41, 5.74) is 1.35. The molecule has 1 aromatic carbocycles. The molecule has 3 aromatic heterocycles. The fraction of sp³-hybridized carbons (Fsp3) is 0.0435. The van der Waals surface area contributed by atoms with Crippen LogP contribution in [0.4, 0.5) is 0 Å². The monoisotopic (exact) mass is 413 g/mol. The molecule has 0 saturated carbocycles. The molecule has 3 heterocycles. The van der Waals surface area contributed by atoms with Gasteiger partial charge in [0, 0.05) is 36.8 Å². The summed E-state index contributed by atoms with van der Waals surface area (Å²) in [5, 5.41) is 9.64. The molecule has 2 N–H and O–H groups in total. The number of nitrogens with one attached hydrogen (secondary N) is 2. The van der Waals surface area contributed by atoms with Crippen molar-refractivity contribution in [3.8, 4) is 5.82 Å². The van der Waals surface area contributed by atoms with Gasteiger partial charge in [0.15, 0.2) is 5.82 Å². The molecule has 0 aliphatic heterocycles. The van der Waals surface area contributed by atoms with Crippen LogP contribution >= 0.6 is 0 Å². The number of aromatic nitrogens is 3. The molecule has 0 spiro atoms. The number of hydrogen-bond donors (Lipinski definition) is 2. The minimum atomic E-state index is -0.446. The van der Waals surface area contributed by atoms with Crippen molar-refractivity contribution in [1.29, 1.82) is 0 Å². The van der Waals surface area contributed by atoms with Crippen LogP contribution in [0.15, 0.2) is 95.6 Å².